The zero-order chi connectivity index (χ0) is 105. The van der Waals surface area contributed by atoms with Crippen molar-refractivity contribution in [3.8, 4) is 0 Å². The van der Waals surface area contributed by atoms with Crippen LogP contribution in [0.5, 0.6) is 0 Å². The topological polar surface area (TPSA) is 1010 Å². The van der Waals surface area contributed by atoms with Crippen molar-refractivity contribution in [3.05, 3.63) is 0 Å². The average Bonchev–Trinajstić information content (AvgIpc) is 1.64. The highest BCUT2D eigenvalue weighted by Crippen LogP contribution is 2.45. The van der Waals surface area contributed by atoms with Crippen LogP contribution in [0.15, 0.2) is 0 Å². The smallest absolute Gasteiger partial charge is 0.364 e. The third kappa shape index (κ3) is 23.0. The summed E-state index contributed by atoms with van der Waals surface area (Å²) in [4.78, 5) is 49.7. The van der Waals surface area contributed by atoms with Crippen LogP contribution in [0.4, 0.5) is 0 Å². The van der Waals surface area contributed by atoms with Crippen LogP contribution in [-0.4, -0.2) is 630 Å². The average molecular weight is 2100 g/mol. The fraction of sp³-hybridized carbons (Fsp3) is 0.949. The van der Waals surface area contributed by atoms with Gasteiger partial charge in [-0.3, -0.25) is 0 Å². The molecule has 14 aliphatic rings. The number of hydrogen-bond acceptors (Lipinski definition) is 61. The molecule has 62 atom stereocenters. The van der Waals surface area contributed by atoms with Crippen LogP contribution in [-0.2, 0) is 147 Å². The first-order valence-electron chi connectivity index (χ1n) is 45.0. The lowest BCUT2D eigenvalue weighted by atomic mass is 9.96. The van der Waals surface area contributed by atoms with Gasteiger partial charge in [-0.05, 0) is 13.8 Å². The minimum Gasteiger partial charge on any atom is -0.479 e. The maximum absolute atomic E-state index is 13.3. The van der Waals surface area contributed by atoms with E-state index in [4.69, 9.17) is 128 Å². The number of ether oxygens (including phenoxy) is 27. The molecule has 14 aliphatic heterocycles. The Morgan fingerprint density at radius 1 is 0.287 bits per heavy atom. The van der Waals surface area contributed by atoms with Crippen LogP contribution in [0.2, 0.25) is 0 Å². The van der Waals surface area contributed by atoms with Crippen LogP contribution in [0.1, 0.15) is 27.7 Å². The van der Waals surface area contributed by atoms with Gasteiger partial charge in [-0.1, -0.05) is 0 Å². The lowest BCUT2D eigenvalue weighted by molar-refractivity contribution is -0.385. The fourth-order valence-corrected chi connectivity index (χ4v) is 18.6. The maximum Gasteiger partial charge on any atom is 0.364 e. The molecule has 65 heteroatoms. The Balaban J connectivity index is 0.673. The van der Waals surface area contributed by atoms with E-state index < -0.39 is 457 Å². The van der Waals surface area contributed by atoms with E-state index in [9.17, 15) is 193 Å². The molecule has 3 unspecified atom stereocenters. The van der Waals surface area contributed by atoms with Crippen molar-refractivity contribution >= 4 is 23.9 Å². The molecule has 14 saturated heterocycles. The van der Waals surface area contributed by atoms with Crippen LogP contribution in [0.25, 0.3) is 0 Å². The standard InChI is InChI=1S/C78H122O65/c1-13-23(85)50(42(104)71(121-13)133-52-27(89)17(7-81)123-63(112)41(52)103)131-66-36(98)30(92)26(88)20(126-66)10-118-74-60(57(47(128-74)16(84)6-80)138-70-40(102)34(96)55(59(140-70)62(110)111)136-68-38(100)32(94)49(130-68)22-12-120-78(4,143-22)76(115)116)141-73-44(106)53(28(90)18(8-82)124-73)134-72-43(105)51(24(86)14(2)122-72)132-65-35(97)29(91)25(87)19(125-65)9-117-64-45(107)56(46(127-64)15(83)5-79)137-69-39(101)33(95)54(58(139-69)61(108)109)135-67-37(99)31(93)48(129-67)21-11-119-77(3,142-21)75(113)114/h13-60,63-74,79-107,112H,5-12H2,1-4H3,(H,108,109)(H,110,111)(H,113,114)(H,115,116)/t13-,14-,15+,16+,17+,18+,19+,20+,21+,22+,23-,24-,25+,26+,27-,28-,29-,30-,31+,32+,33+,34+,35+,36+,37+,38+,39+,40+,41+,42+,43+,44+,45+,46-,47-,48-,49-,50+,51+,52-,53-,54-,55-,56+,57-,58-,59-,60+,63?,64+,65+,66+,67-,68-,69+,70+,71-,72-,73+,74+,77?,78?/m0/s1. The lowest BCUT2D eigenvalue weighted by Gasteiger charge is -2.48. The Morgan fingerprint density at radius 3 is 0.979 bits per heavy atom. The summed E-state index contributed by atoms with van der Waals surface area (Å²) in [6, 6.07) is 0. The monoisotopic (exact) mass is 2100 g/mol. The second-order valence-corrected chi connectivity index (χ2v) is 36.7. The number of carboxylic acid groups (broad SMARTS) is 4. The van der Waals surface area contributed by atoms with Crippen LogP contribution in [0.3, 0.4) is 0 Å². The number of aliphatic hydroxyl groups is 30. The van der Waals surface area contributed by atoms with E-state index >= 15 is 0 Å². The van der Waals surface area contributed by atoms with E-state index in [0.717, 1.165) is 20.8 Å². The van der Waals surface area contributed by atoms with E-state index in [1.54, 1.807) is 0 Å². The Morgan fingerprint density at radius 2 is 0.587 bits per heavy atom. The van der Waals surface area contributed by atoms with Crippen molar-refractivity contribution < 1.29 is 321 Å². The number of carbonyl (C=O) groups is 4. The van der Waals surface area contributed by atoms with Gasteiger partial charge in [0.15, 0.2) is 87.7 Å². The lowest BCUT2D eigenvalue weighted by Crippen LogP contribution is -2.66. The van der Waals surface area contributed by atoms with Gasteiger partial charge in [-0.25, -0.2) is 19.2 Å². The van der Waals surface area contributed by atoms with E-state index in [2.05, 4.69) is 0 Å². The summed E-state index contributed by atoms with van der Waals surface area (Å²) in [5.74, 6) is -11.7. The molecule has 0 aromatic heterocycles. The summed E-state index contributed by atoms with van der Waals surface area (Å²) >= 11 is 0. The van der Waals surface area contributed by atoms with Gasteiger partial charge in [0, 0.05) is 13.8 Å². The van der Waals surface area contributed by atoms with Crippen molar-refractivity contribution in [3.63, 3.8) is 0 Å². The summed E-state index contributed by atoms with van der Waals surface area (Å²) in [7, 11) is 0. The Kier molecular flexibility index (Phi) is 37.3. The van der Waals surface area contributed by atoms with Gasteiger partial charge < -0.3 is 302 Å². The molecule has 0 saturated carbocycles. The van der Waals surface area contributed by atoms with Crippen LogP contribution in [0, 0.1) is 0 Å². The van der Waals surface area contributed by atoms with Crippen LogP contribution >= 0.6 is 0 Å². The Labute approximate surface area is 802 Å². The van der Waals surface area contributed by atoms with Gasteiger partial charge in [0.05, 0.1) is 65.1 Å². The zero-order valence-electron chi connectivity index (χ0n) is 75.2. The van der Waals surface area contributed by atoms with Gasteiger partial charge in [0.25, 0.3) is 11.6 Å². The molecule has 0 spiro atoms. The molecular formula is C78H122O65. The van der Waals surface area contributed by atoms with Crippen molar-refractivity contribution in [1.82, 2.24) is 0 Å². The summed E-state index contributed by atoms with van der Waals surface area (Å²) < 4.78 is 154. The quantitative estimate of drug-likeness (QED) is 0.0277. The zero-order valence-corrected chi connectivity index (χ0v) is 75.2. The SMILES string of the molecule is C[C@@H]1O[C@@H](O[C@H]2[C@@H](O)[C@@H](CO)O[C@H](O[C@H]3[C@H](OC[C@H]4O[C@H](O[C@@H]5[C@@H](O)[C@H](C)O[C@@H](O[C@H]6[C@@H](O)[C@@H](CO)OC(O)[C@@H]6O)[C@@H]5O)[C@H](O)[C@@H](O)[C@@H]4O)O[C@@H]([C@H](O)CO)[C@@H]3O[C@@H]3O[C@H](C(=O)O)[C@@H](O[C@@H]4O[C@@H]([C@H]5COC(C)(C(=O)O)O5)[C@H](O)[C@H]4O)[C@H](O)[C@H]3O)[C@@H]2O)[C@H](O)[C@H](O[C@H]2O[C@H](CO[C@@H]3O[C@@H]([C@H](O)CO)[C@H](O[C@@H]4O[C@H](C(=O)O)[C@@H](O[C@@H]5O[C@@H]([C@H]6COC(C)(C(=O)O)O6)[C@H](O)[C@H]5O)[C@H](O)[C@H]4O)[C@H]3O)[C@@H](O)[C@H](O)[C@H]2O)[C@H]1O. The minimum atomic E-state index is -2.64. The highest BCUT2D eigenvalue weighted by Gasteiger charge is 2.66. The van der Waals surface area contributed by atoms with Gasteiger partial charge in [0.1, 0.15) is 269 Å². The van der Waals surface area contributed by atoms with E-state index in [-0.39, 0.29) is 0 Å². The normalized spacial score (nSPS) is 53.0. The van der Waals surface area contributed by atoms with Gasteiger partial charge in [-0.15, -0.1) is 0 Å². The first kappa shape index (κ1) is 114. The molecule has 0 bridgehead atoms. The van der Waals surface area contributed by atoms with Gasteiger partial charge >= 0.3 is 23.9 Å². The molecule has 0 radical (unpaired) electrons. The largest absolute Gasteiger partial charge is 0.479 e. The predicted octanol–water partition coefficient (Wildman–Crippen LogP) is -23.2. The van der Waals surface area contributed by atoms with Crippen molar-refractivity contribution in [2.75, 3.05) is 52.9 Å². The molecule has 824 valence electrons. The molecule has 0 aliphatic carbocycles. The molecule has 14 rings (SSSR count). The molecule has 34 N–H and O–H groups in total. The van der Waals surface area contributed by atoms with Gasteiger partial charge in [0.2, 0.25) is 0 Å². The molecule has 143 heavy (non-hydrogen) atoms. The van der Waals surface area contributed by atoms with Crippen molar-refractivity contribution in [2.24, 2.45) is 0 Å². The van der Waals surface area contributed by atoms with Crippen LogP contribution < -0.4 is 0 Å². The first-order chi connectivity index (χ1) is 67.3. The molecular weight excluding hydrogens is 1980 g/mol. The second-order valence-electron chi connectivity index (χ2n) is 36.7. The van der Waals surface area contributed by atoms with E-state index in [1.165, 1.54) is 6.92 Å². The Hall–Kier alpha value is -4.40. The molecule has 14 heterocycles. The summed E-state index contributed by atoms with van der Waals surface area (Å²) in [5, 5.41) is 378. The summed E-state index contributed by atoms with van der Waals surface area (Å²) in [6.45, 7) is -3.89. The predicted molar refractivity (Wildman–Crippen MR) is 421 cm³/mol. The molecule has 0 aromatic rings. The minimum absolute atomic E-state index is 0.508. The summed E-state index contributed by atoms with van der Waals surface area (Å²) in [5.41, 5.74) is 0. The fourth-order valence-electron chi connectivity index (χ4n) is 18.6. The van der Waals surface area contributed by atoms with Crippen molar-refractivity contribution in [2.45, 2.75) is 408 Å². The Bertz CT molecular complexity index is 4130. The highest BCUT2D eigenvalue weighted by molar-refractivity contribution is 5.76. The highest BCUT2D eigenvalue weighted by atomic mass is 16.8. The maximum atomic E-state index is 13.3. The van der Waals surface area contributed by atoms with E-state index in [1.807, 2.05) is 0 Å². The molecule has 0 aromatic carbocycles. The molecule has 14 fully saturated rings. The van der Waals surface area contributed by atoms with E-state index in [0.29, 0.717) is 0 Å². The second kappa shape index (κ2) is 46.7. The van der Waals surface area contributed by atoms with Gasteiger partial charge in [-0.2, -0.15) is 0 Å². The number of rotatable bonds is 36. The first-order valence-corrected chi connectivity index (χ1v) is 45.0. The third-order valence-corrected chi connectivity index (χ3v) is 27.0. The number of carboxylic acids is 4. The molecule has 0 amide bonds. The number of aliphatic hydroxyl groups excluding tert-OH is 30. The van der Waals surface area contributed by atoms with Crippen molar-refractivity contribution in [1.29, 1.82) is 0 Å². The number of hydrogen-bond donors (Lipinski definition) is 34. The number of aliphatic carboxylic acids is 4. The molecule has 65 nitrogen and oxygen atoms in total. The summed E-state index contributed by atoms with van der Waals surface area (Å²) in [6.07, 6.45) is -130. The third-order valence-electron chi connectivity index (χ3n) is 27.0.